The Labute approximate surface area is 148 Å². The van der Waals surface area contributed by atoms with Crippen LogP contribution in [0.2, 0.25) is 0 Å². The quantitative estimate of drug-likeness (QED) is 0.599. The zero-order valence-corrected chi connectivity index (χ0v) is 15.3. The van der Waals surface area contributed by atoms with Crippen molar-refractivity contribution < 1.29 is 13.2 Å². The SMILES string of the molecule is CCCCOc1ccc(S(=O)(=O)n2ccnc2CC)c2ccccc12. The first-order valence-electron chi connectivity index (χ1n) is 8.52. The Hall–Kier alpha value is -2.34. The van der Waals surface area contributed by atoms with Crippen molar-refractivity contribution in [2.75, 3.05) is 6.61 Å². The molecule has 0 aliphatic carbocycles. The van der Waals surface area contributed by atoms with Crippen LogP contribution in [0.1, 0.15) is 32.5 Å². The summed E-state index contributed by atoms with van der Waals surface area (Å²) in [6.45, 7) is 4.61. The van der Waals surface area contributed by atoms with Crippen molar-refractivity contribution in [1.29, 1.82) is 0 Å². The molecule has 3 aromatic rings. The second-order valence-electron chi connectivity index (χ2n) is 5.81. The van der Waals surface area contributed by atoms with Gasteiger partial charge in [0.1, 0.15) is 11.6 Å². The molecule has 0 saturated carbocycles. The van der Waals surface area contributed by atoms with Gasteiger partial charge in [-0.25, -0.2) is 17.4 Å². The summed E-state index contributed by atoms with van der Waals surface area (Å²) in [6, 6.07) is 10.8. The van der Waals surface area contributed by atoms with Gasteiger partial charge in [0.15, 0.2) is 0 Å². The number of benzene rings is 2. The maximum Gasteiger partial charge on any atom is 0.269 e. The molecule has 0 amide bonds. The Bertz CT molecular complexity index is 977. The molecule has 0 aliphatic rings. The van der Waals surface area contributed by atoms with Gasteiger partial charge < -0.3 is 4.74 Å². The van der Waals surface area contributed by atoms with Crippen molar-refractivity contribution in [1.82, 2.24) is 8.96 Å². The van der Waals surface area contributed by atoms with Crippen LogP contribution in [-0.2, 0) is 16.4 Å². The molecule has 3 rings (SSSR count). The minimum absolute atomic E-state index is 0.263. The van der Waals surface area contributed by atoms with E-state index >= 15 is 0 Å². The molecule has 6 heteroatoms. The van der Waals surface area contributed by atoms with Gasteiger partial charge in [0.2, 0.25) is 0 Å². The molecule has 2 aromatic carbocycles. The van der Waals surface area contributed by atoms with Crippen molar-refractivity contribution in [2.45, 2.75) is 38.0 Å². The van der Waals surface area contributed by atoms with Crippen LogP contribution in [0.25, 0.3) is 10.8 Å². The molecular formula is C19H22N2O3S. The number of imidazole rings is 1. The fraction of sp³-hybridized carbons (Fsp3) is 0.316. The first-order valence-corrected chi connectivity index (χ1v) is 9.96. The lowest BCUT2D eigenvalue weighted by Crippen LogP contribution is -2.15. The highest BCUT2D eigenvalue weighted by molar-refractivity contribution is 7.90. The van der Waals surface area contributed by atoms with E-state index < -0.39 is 10.0 Å². The third kappa shape index (κ3) is 3.26. The van der Waals surface area contributed by atoms with Gasteiger partial charge in [0.25, 0.3) is 10.0 Å². The number of aryl methyl sites for hydroxylation is 1. The average Bonchev–Trinajstić information content (AvgIpc) is 3.11. The van der Waals surface area contributed by atoms with Gasteiger partial charge in [-0.2, -0.15) is 0 Å². The summed E-state index contributed by atoms with van der Waals surface area (Å²) in [6.07, 6.45) is 5.56. The highest BCUT2D eigenvalue weighted by Gasteiger charge is 2.23. The fourth-order valence-electron chi connectivity index (χ4n) is 2.82. The molecule has 1 heterocycles. The Morgan fingerprint density at radius 2 is 1.84 bits per heavy atom. The second kappa shape index (κ2) is 7.27. The fourth-order valence-corrected chi connectivity index (χ4v) is 4.39. The normalized spacial score (nSPS) is 11.8. The van der Waals surface area contributed by atoms with Gasteiger partial charge in [-0.3, -0.25) is 0 Å². The minimum atomic E-state index is -3.71. The van der Waals surface area contributed by atoms with E-state index in [9.17, 15) is 8.42 Å². The largest absolute Gasteiger partial charge is 0.493 e. The van der Waals surface area contributed by atoms with Crippen molar-refractivity contribution in [3.05, 3.63) is 54.6 Å². The monoisotopic (exact) mass is 358 g/mol. The van der Waals surface area contributed by atoms with Gasteiger partial charge in [-0.15, -0.1) is 0 Å². The summed E-state index contributed by atoms with van der Waals surface area (Å²) >= 11 is 0. The molecular weight excluding hydrogens is 336 g/mol. The van der Waals surface area contributed by atoms with Gasteiger partial charge in [-0.05, 0) is 18.6 Å². The summed E-state index contributed by atoms with van der Waals surface area (Å²) in [5.41, 5.74) is 0. The zero-order valence-electron chi connectivity index (χ0n) is 14.5. The number of ether oxygens (including phenoxy) is 1. The third-order valence-corrected chi connectivity index (χ3v) is 5.89. The van der Waals surface area contributed by atoms with Gasteiger partial charge in [-0.1, -0.05) is 44.5 Å². The summed E-state index contributed by atoms with van der Waals surface area (Å²) in [7, 11) is -3.71. The number of hydrogen-bond acceptors (Lipinski definition) is 4. The number of fused-ring (bicyclic) bond motifs is 1. The molecule has 0 radical (unpaired) electrons. The van der Waals surface area contributed by atoms with Gasteiger partial charge >= 0.3 is 0 Å². The predicted octanol–water partition coefficient (Wildman–Crippen LogP) is 4.01. The molecule has 132 valence electrons. The van der Waals surface area contributed by atoms with Gasteiger partial charge in [0.05, 0.1) is 11.5 Å². The Morgan fingerprint density at radius 1 is 1.08 bits per heavy atom. The van der Waals surface area contributed by atoms with Gasteiger partial charge in [0, 0.05) is 29.6 Å². The van der Waals surface area contributed by atoms with Crippen LogP contribution < -0.4 is 4.74 Å². The maximum atomic E-state index is 13.1. The van der Waals surface area contributed by atoms with Crippen LogP contribution >= 0.6 is 0 Å². The Balaban J connectivity index is 2.13. The molecule has 0 saturated heterocycles. The molecule has 25 heavy (non-hydrogen) atoms. The lowest BCUT2D eigenvalue weighted by molar-refractivity contribution is 0.313. The molecule has 0 bridgehead atoms. The second-order valence-corrected chi connectivity index (χ2v) is 7.59. The predicted molar refractivity (Wildman–Crippen MR) is 98.5 cm³/mol. The van der Waals surface area contributed by atoms with Crippen LogP contribution in [0.3, 0.4) is 0 Å². The molecule has 0 atom stereocenters. The van der Waals surface area contributed by atoms with E-state index in [-0.39, 0.29) is 4.90 Å². The number of rotatable bonds is 7. The van der Waals surface area contributed by atoms with Crippen molar-refractivity contribution in [3.8, 4) is 5.75 Å². The smallest absolute Gasteiger partial charge is 0.269 e. The van der Waals surface area contributed by atoms with E-state index in [1.54, 1.807) is 12.1 Å². The van der Waals surface area contributed by atoms with E-state index in [2.05, 4.69) is 11.9 Å². The lowest BCUT2D eigenvalue weighted by Gasteiger charge is -2.14. The summed E-state index contributed by atoms with van der Waals surface area (Å²) in [5, 5.41) is 1.46. The molecule has 1 aromatic heterocycles. The zero-order chi connectivity index (χ0) is 17.9. The van der Waals surface area contributed by atoms with Crippen LogP contribution in [0.4, 0.5) is 0 Å². The first kappa shape index (κ1) is 17.5. The van der Waals surface area contributed by atoms with E-state index in [4.69, 9.17) is 4.74 Å². The highest BCUT2D eigenvalue weighted by atomic mass is 32.2. The molecule has 0 N–H and O–H groups in total. The first-order chi connectivity index (χ1) is 12.1. The van der Waals surface area contributed by atoms with Crippen LogP contribution in [-0.4, -0.2) is 24.0 Å². The topological polar surface area (TPSA) is 61.2 Å². The number of nitrogens with zero attached hydrogens (tertiary/aromatic N) is 2. The van der Waals surface area contributed by atoms with E-state index in [1.807, 2.05) is 31.2 Å². The third-order valence-electron chi connectivity index (χ3n) is 4.13. The Morgan fingerprint density at radius 3 is 2.56 bits per heavy atom. The van der Waals surface area contributed by atoms with Crippen molar-refractivity contribution >= 4 is 20.8 Å². The molecule has 0 fully saturated rings. The molecule has 0 aliphatic heterocycles. The molecule has 0 spiro atoms. The number of aromatic nitrogens is 2. The molecule has 5 nitrogen and oxygen atoms in total. The van der Waals surface area contributed by atoms with Crippen molar-refractivity contribution in [3.63, 3.8) is 0 Å². The molecule has 0 unspecified atom stereocenters. The van der Waals surface area contributed by atoms with Crippen LogP contribution in [0.5, 0.6) is 5.75 Å². The van der Waals surface area contributed by atoms with Crippen LogP contribution in [0.15, 0.2) is 53.7 Å². The van der Waals surface area contributed by atoms with Crippen molar-refractivity contribution in [2.24, 2.45) is 0 Å². The lowest BCUT2D eigenvalue weighted by atomic mass is 10.1. The number of unbranched alkanes of at least 4 members (excludes halogenated alkanes) is 1. The average molecular weight is 358 g/mol. The minimum Gasteiger partial charge on any atom is -0.493 e. The van der Waals surface area contributed by atoms with E-state index in [1.165, 1.54) is 16.4 Å². The van der Waals surface area contributed by atoms with E-state index in [0.29, 0.717) is 30.0 Å². The highest BCUT2D eigenvalue weighted by Crippen LogP contribution is 2.32. The van der Waals surface area contributed by atoms with Crippen LogP contribution in [0, 0.1) is 0 Å². The maximum absolute atomic E-state index is 13.1. The standard InChI is InChI=1S/C19H22N2O3S/c1-3-5-14-24-17-10-11-18(16-9-7-6-8-15(16)17)25(22,23)21-13-12-20-19(21)4-2/h6-13H,3-5,14H2,1-2H3. The summed E-state index contributed by atoms with van der Waals surface area (Å²) in [4.78, 5) is 4.40. The number of hydrogen-bond donors (Lipinski definition) is 0. The summed E-state index contributed by atoms with van der Waals surface area (Å²) < 4.78 is 33.4. The Kier molecular flexibility index (Phi) is 5.08. The summed E-state index contributed by atoms with van der Waals surface area (Å²) in [5.74, 6) is 1.23. The van der Waals surface area contributed by atoms with E-state index in [0.717, 1.165) is 18.2 Å².